The van der Waals surface area contributed by atoms with E-state index in [4.69, 9.17) is 0 Å². The van der Waals surface area contributed by atoms with Crippen LogP contribution in [0.3, 0.4) is 0 Å². The van der Waals surface area contributed by atoms with Crippen molar-refractivity contribution in [3.05, 3.63) is 47.8 Å². The minimum absolute atomic E-state index is 0.101. The third-order valence-corrected chi connectivity index (χ3v) is 4.55. The van der Waals surface area contributed by atoms with Crippen LogP contribution in [0.2, 0.25) is 0 Å². The predicted octanol–water partition coefficient (Wildman–Crippen LogP) is 1.92. The Kier molecular flexibility index (Phi) is 4.64. The highest BCUT2D eigenvalue weighted by Gasteiger charge is 2.33. The molecular weight excluding hydrogens is 304 g/mol. The van der Waals surface area contributed by atoms with Crippen molar-refractivity contribution >= 4 is 11.8 Å². The fraction of sp³-hybridized carbons (Fsp3) is 0.389. The number of para-hydroxylation sites is 1. The Bertz CT molecular complexity index is 739. The van der Waals surface area contributed by atoms with E-state index >= 15 is 0 Å². The molecule has 6 nitrogen and oxygen atoms in total. The van der Waals surface area contributed by atoms with Crippen LogP contribution in [0.4, 0.5) is 0 Å². The number of likely N-dealkylation sites (tertiary alicyclic amines) is 1. The third kappa shape index (κ3) is 2.91. The molecule has 1 aromatic heterocycles. The number of aromatic nitrogens is 2. The number of benzene rings is 1. The summed E-state index contributed by atoms with van der Waals surface area (Å²) >= 11 is 0. The molecule has 6 heteroatoms. The van der Waals surface area contributed by atoms with Crippen molar-refractivity contribution in [2.45, 2.75) is 32.2 Å². The van der Waals surface area contributed by atoms with Gasteiger partial charge in [0.25, 0.3) is 5.91 Å². The normalized spacial score (nSPS) is 17.6. The van der Waals surface area contributed by atoms with Crippen LogP contribution in [0.1, 0.15) is 35.3 Å². The molecule has 2 aromatic rings. The zero-order valence-electron chi connectivity index (χ0n) is 14.0. The zero-order chi connectivity index (χ0) is 17.1. The Morgan fingerprint density at radius 2 is 1.96 bits per heavy atom. The van der Waals surface area contributed by atoms with Crippen LogP contribution in [0.25, 0.3) is 5.69 Å². The number of likely N-dealkylation sites (N-methyl/N-ethyl adjacent to an activating group) is 1. The highest BCUT2D eigenvalue weighted by molar-refractivity contribution is 5.98. The molecule has 1 aliphatic heterocycles. The Hall–Kier alpha value is -2.63. The van der Waals surface area contributed by atoms with Gasteiger partial charge in [0.1, 0.15) is 6.04 Å². The Balaban J connectivity index is 1.90. The fourth-order valence-electron chi connectivity index (χ4n) is 3.22. The molecule has 1 atom stereocenters. The Labute approximate surface area is 141 Å². The van der Waals surface area contributed by atoms with Crippen molar-refractivity contribution in [3.63, 3.8) is 0 Å². The molecule has 1 aliphatic rings. The molecule has 24 heavy (non-hydrogen) atoms. The smallest absolute Gasteiger partial charge is 0.258 e. The first-order chi connectivity index (χ1) is 11.6. The van der Waals surface area contributed by atoms with Crippen molar-refractivity contribution in [3.8, 4) is 5.69 Å². The number of carbonyl (C=O) groups is 2. The lowest BCUT2D eigenvalue weighted by Gasteiger charge is -2.34. The van der Waals surface area contributed by atoms with Gasteiger partial charge >= 0.3 is 0 Å². The predicted molar refractivity (Wildman–Crippen MR) is 91.0 cm³/mol. The van der Waals surface area contributed by atoms with Gasteiger partial charge in [-0.05, 0) is 38.3 Å². The number of hydrogen-bond acceptors (Lipinski definition) is 3. The lowest BCUT2D eigenvalue weighted by Crippen LogP contribution is -2.51. The van der Waals surface area contributed by atoms with Gasteiger partial charge in [0.15, 0.2) is 0 Å². The van der Waals surface area contributed by atoms with E-state index in [9.17, 15) is 9.59 Å². The van der Waals surface area contributed by atoms with Crippen molar-refractivity contribution in [2.75, 3.05) is 13.6 Å². The van der Waals surface area contributed by atoms with E-state index in [0.29, 0.717) is 18.5 Å². The quantitative estimate of drug-likeness (QED) is 0.937. The summed E-state index contributed by atoms with van der Waals surface area (Å²) in [6, 6.07) is 9.31. The monoisotopic (exact) mass is 326 g/mol. The molecule has 2 amide bonds. The summed E-state index contributed by atoms with van der Waals surface area (Å²) in [5.41, 5.74) is 2.25. The molecule has 0 unspecified atom stereocenters. The van der Waals surface area contributed by atoms with Crippen molar-refractivity contribution < 1.29 is 9.59 Å². The number of rotatable bonds is 3. The molecule has 0 radical (unpaired) electrons. The minimum Gasteiger partial charge on any atom is -0.357 e. The molecular formula is C18H22N4O2. The first-order valence-electron chi connectivity index (χ1n) is 8.26. The average Bonchev–Trinajstić information content (AvgIpc) is 3.02. The van der Waals surface area contributed by atoms with Crippen LogP contribution in [0.5, 0.6) is 0 Å². The number of carbonyl (C=O) groups excluding carboxylic acids is 2. The highest BCUT2D eigenvalue weighted by atomic mass is 16.2. The summed E-state index contributed by atoms with van der Waals surface area (Å²) in [6.07, 6.45) is 4.19. The molecule has 3 rings (SSSR count). The van der Waals surface area contributed by atoms with Gasteiger partial charge in [0.05, 0.1) is 23.1 Å². The average molecular weight is 326 g/mol. The van der Waals surface area contributed by atoms with Crippen molar-refractivity contribution in [2.24, 2.45) is 0 Å². The number of piperidine rings is 1. The number of amides is 2. The fourth-order valence-corrected chi connectivity index (χ4v) is 3.22. The summed E-state index contributed by atoms with van der Waals surface area (Å²) in [7, 11) is 1.61. The van der Waals surface area contributed by atoms with Gasteiger partial charge in [0, 0.05) is 13.6 Å². The lowest BCUT2D eigenvalue weighted by atomic mass is 10.00. The van der Waals surface area contributed by atoms with E-state index in [-0.39, 0.29) is 11.8 Å². The highest BCUT2D eigenvalue weighted by Crippen LogP contribution is 2.22. The number of hydrogen-bond donors (Lipinski definition) is 1. The maximum atomic E-state index is 13.0. The first-order valence-corrected chi connectivity index (χ1v) is 8.26. The van der Waals surface area contributed by atoms with Gasteiger partial charge in [0.2, 0.25) is 5.91 Å². The van der Waals surface area contributed by atoms with Crippen LogP contribution < -0.4 is 5.32 Å². The molecule has 1 fully saturated rings. The summed E-state index contributed by atoms with van der Waals surface area (Å²) < 4.78 is 1.76. The van der Waals surface area contributed by atoms with E-state index in [1.54, 1.807) is 22.8 Å². The topological polar surface area (TPSA) is 67.2 Å². The maximum Gasteiger partial charge on any atom is 0.258 e. The van der Waals surface area contributed by atoms with E-state index < -0.39 is 6.04 Å². The third-order valence-electron chi connectivity index (χ3n) is 4.55. The minimum atomic E-state index is -0.393. The van der Waals surface area contributed by atoms with Gasteiger partial charge in [-0.3, -0.25) is 9.59 Å². The summed E-state index contributed by atoms with van der Waals surface area (Å²) in [5.74, 6) is -0.223. The first kappa shape index (κ1) is 16.2. The zero-order valence-corrected chi connectivity index (χ0v) is 14.0. The van der Waals surface area contributed by atoms with Gasteiger partial charge in [-0.25, -0.2) is 4.68 Å². The number of nitrogens with one attached hydrogen (secondary N) is 1. The summed E-state index contributed by atoms with van der Waals surface area (Å²) in [4.78, 5) is 26.8. The number of nitrogens with zero attached hydrogens (tertiary/aromatic N) is 3. The second-order valence-electron chi connectivity index (χ2n) is 6.02. The van der Waals surface area contributed by atoms with Crippen molar-refractivity contribution in [1.29, 1.82) is 0 Å². The van der Waals surface area contributed by atoms with E-state index in [0.717, 1.165) is 24.2 Å². The van der Waals surface area contributed by atoms with Crippen LogP contribution in [-0.2, 0) is 4.79 Å². The van der Waals surface area contributed by atoms with E-state index in [1.165, 1.54) is 0 Å². The Morgan fingerprint density at radius 1 is 1.21 bits per heavy atom. The van der Waals surface area contributed by atoms with Crippen LogP contribution >= 0.6 is 0 Å². The SMILES string of the molecule is CNC(=O)[C@@H]1CCCCN1C(=O)c1cnn(-c2ccccc2)c1C. The van der Waals surface area contributed by atoms with Crippen LogP contribution in [0.15, 0.2) is 36.5 Å². The standard InChI is InChI=1S/C18H22N4O2/c1-13-15(12-20-22(13)14-8-4-3-5-9-14)18(24)21-11-7-6-10-16(21)17(23)19-2/h3-5,8-9,12,16H,6-7,10-11H2,1-2H3,(H,19,23)/t16-/m0/s1. The maximum absolute atomic E-state index is 13.0. The van der Waals surface area contributed by atoms with Crippen LogP contribution in [-0.4, -0.2) is 46.1 Å². The van der Waals surface area contributed by atoms with E-state index in [1.807, 2.05) is 37.3 Å². The van der Waals surface area contributed by atoms with E-state index in [2.05, 4.69) is 10.4 Å². The van der Waals surface area contributed by atoms with Crippen LogP contribution in [0, 0.1) is 6.92 Å². The van der Waals surface area contributed by atoms with Crippen molar-refractivity contribution in [1.82, 2.24) is 20.0 Å². The molecule has 1 N–H and O–H groups in total. The molecule has 1 aromatic carbocycles. The molecule has 0 saturated carbocycles. The second-order valence-corrected chi connectivity index (χ2v) is 6.02. The lowest BCUT2D eigenvalue weighted by molar-refractivity contribution is -0.126. The molecule has 1 saturated heterocycles. The molecule has 126 valence electrons. The Morgan fingerprint density at radius 3 is 2.67 bits per heavy atom. The van der Waals surface area contributed by atoms with Gasteiger partial charge in [-0.2, -0.15) is 5.10 Å². The summed E-state index contributed by atoms with van der Waals surface area (Å²) in [6.45, 7) is 2.49. The van der Waals surface area contributed by atoms with Gasteiger partial charge < -0.3 is 10.2 Å². The second kappa shape index (κ2) is 6.86. The molecule has 0 bridgehead atoms. The summed E-state index contributed by atoms with van der Waals surface area (Å²) in [5, 5.41) is 7.02. The van der Waals surface area contributed by atoms with Gasteiger partial charge in [-0.1, -0.05) is 18.2 Å². The molecule has 2 heterocycles. The largest absolute Gasteiger partial charge is 0.357 e. The van der Waals surface area contributed by atoms with Gasteiger partial charge in [-0.15, -0.1) is 0 Å². The molecule has 0 spiro atoms. The molecule has 0 aliphatic carbocycles.